The molecule has 3 amide bonds. The van der Waals surface area contributed by atoms with Gasteiger partial charge in [0.1, 0.15) is 12.1 Å². The Morgan fingerprint density at radius 2 is 1.74 bits per heavy atom. The van der Waals surface area contributed by atoms with Crippen molar-refractivity contribution in [1.82, 2.24) is 15.1 Å². The SMILES string of the molecule is CC(C)(C)OC(=O)Nc1cc2ccccc2cc1C(=O)Nc1cnn(CC(=O)NC2CCCC2)c1. The lowest BCUT2D eigenvalue weighted by Crippen LogP contribution is -2.35. The molecule has 4 rings (SSSR count). The van der Waals surface area contributed by atoms with Crippen molar-refractivity contribution in [3.8, 4) is 0 Å². The van der Waals surface area contributed by atoms with Crippen LogP contribution in [0.25, 0.3) is 10.8 Å². The number of carbonyl (C=O) groups excluding carboxylic acids is 3. The molecule has 35 heavy (non-hydrogen) atoms. The highest BCUT2D eigenvalue weighted by molar-refractivity contribution is 6.12. The first kappa shape index (κ1) is 24.3. The van der Waals surface area contributed by atoms with Crippen LogP contribution in [0.5, 0.6) is 0 Å². The number of amides is 3. The summed E-state index contributed by atoms with van der Waals surface area (Å²) in [5.74, 6) is -0.520. The van der Waals surface area contributed by atoms with Crippen LogP contribution in [-0.4, -0.2) is 39.3 Å². The topological polar surface area (TPSA) is 114 Å². The van der Waals surface area contributed by atoms with Crippen LogP contribution in [0.4, 0.5) is 16.2 Å². The van der Waals surface area contributed by atoms with E-state index in [0.29, 0.717) is 11.4 Å². The standard InChI is InChI=1S/C26H31N5O4/c1-26(2,3)35-25(34)30-22-13-18-9-5-4-8-17(18)12-21(22)24(33)29-20-14-27-31(15-20)16-23(32)28-19-10-6-7-11-19/h4-5,8-9,12-15,19H,6-7,10-11,16H2,1-3H3,(H,28,32)(H,29,33)(H,30,34). The van der Waals surface area contributed by atoms with Gasteiger partial charge in [-0.15, -0.1) is 0 Å². The van der Waals surface area contributed by atoms with Crippen LogP contribution in [0, 0.1) is 0 Å². The Labute approximate surface area is 204 Å². The van der Waals surface area contributed by atoms with Crippen LogP contribution in [0.15, 0.2) is 48.8 Å². The first-order chi connectivity index (χ1) is 16.7. The van der Waals surface area contributed by atoms with E-state index in [0.717, 1.165) is 36.5 Å². The van der Waals surface area contributed by atoms with Gasteiger partial charge in [-0.3, -0.25) is 19.6 Å². The molecule has 0 aliphatic heterocycles. The van der Waals surface area contributed by atoms with E-state index < -0.39 is 17.6 Å². The molecule has 3 aromatic rings. The van der Waals surface area contributed by atoms with Crippen molar-refractivity contribution in [3.63, 3.8) is 0 Å². The molecule has 0 unspecified atom stereocenters. The Bertz CT molecular complexity index is 1240. The molecule has 9 nitrogen and oxygen atoms in total. The fraction of sp³-hybridized carbons (Fsp3) is 0.385. The third-order valence-corrected chi connectivity index (χ3v) is 5.68. The summed E-state index contributed by atoms with van der Waals surface area (Å²) in [6, 6.07) is 11.3. The van der Waals surface area contributed by atoms with Gasteiger partial charge in [0.05, 0.1) is 23.1 Å². The van der Waals surface area contributed by atoms with E-state index in [1.165, 1.54) is 10.9 Å². The van der Waals surface area contributed by atoms with Crippen molar-refractivity contribution in [2.45, 2.75) is 64.6 Å². The van der Waals surface area contributed by atoms with Crippen LogP contribution in [0.3, 0.4) is 0 Å². The van der Waals surface area contributed by atoms with Crippen LogP contribution >= 0.6 is 0 Å². The molecule has 1 saturated carbocycles. The average molecular weight is 478 g/mol. The molecule has 184 valence electrons. The second kappa shape index (κ2) is 10.2. The summed E-state index contributed by atoms with van der Waals surface area (Å²) < 4.78 is 6.85. The number of nitrogens with zero attached hydrogens (tertiary/aromatic N) is 2. The van der Waals surface area contributed by atoms with Gasteiger partial charge in [-0.2, -0.15) is 5.10 Å². The molecule has 0 saturated heterocycles. The summed E-state index contributed by atoms with van der Waals surface area (Å²) in [5, 5.41) is 14.4. The number of hydrogen-bond donors (Lipinski definition) is 3. The lowest BCUT2D eigenvalue weighted by molar-refractivity contribution is -0.122. The van der Waals surface area contributed by atoms with Gasteiger partial charge < -0.3 is 15.4 Å². The van der Waals surface area contributed by atoms with E-state index in [-0.39, 0.29) is 24.1 Å². The van der Waals surface area contributed by atoms with Crippen molar-refractivity contribution in [3.05, 3.63) is 54.4 Å². The number of fused-ring (bicyclic) bond motifs is 1. The van der Waals surface area contributed by atoms with Crippen molar-refractivity contribution in [2.75, 3.05) is 10.6 Å². The number of benzene rings is 2. The smallest absolute Gasteiger partial charge is 0.412 e. The van der Waals surface area contributed by atoms with Crippen molar-refractivity contribution in [1.29, 1.82) is 0 Å². The summed E-state index contributed by atoms with van der Waals surface area (Å²) in [7, 11) is 0. The first-order valence-corrected chi connectivity index (χ1v) is 11.8. The Morgan fingerprint density at radius 3 is 2.43 bits per heavy atom. The van der Waals surface area contributed by atoms with Crippen molar-refractivity contribution >= 4 is 40.1 Å². The fourth-order valence-electron chi connectivity index (χ4n) is 4.15. The van der Waals surface area contributed by atoms with E-state index in [1.807, 2.05) is 24.3 Å². The number of rotatable bonds is 6. The summed E-state index contributed by atoms with van der Waals surface area (Å²) in [6.45, 7) is 5.39. The number of nitrogens with one attached hydrogen (secondary N) is 3. The molecular weight excluding hydrogens is 446 g/mol. The van der Waals surface area contributed by atoms with Gasteiger partial charge in [-0.1, -0.05) is 37.1 Å². The number of hydrogen-bond acceptors (Lipinski definition) is 5. The molecule has 0 bridgehead atoms. The predicted molar refractivity (Wildman–Crippen MR) is 134 cm³/mol. The van der Waals surface area contributed by atoms with Crippen LogP contribution in [-0.2, 0) is 16.1 Å². The van der Waals surface area contributed by atoms with Crippen molar-refractivity contribution < 1.29 is 19.1 Å². The molecule has 0 atom stereocenters. The maximum absolute atomic E-state index is 13.2. The van der Waals surface area contributed by atoms with Gasteiger partial charge in [0, 0.05) is 12.2 Å². The summed E-state index contributed by atoms with van der Waals surface area (Å²) >= 11 is 0. The van der Waals surface area contributed by atoms with Crippen LogP contribution in [0.2, 0.25) is 0 Å². The maximum Gasteiger partial charge on any atom is 0.412 e. The fourth-order valence-corrected chi connectivity index (χ4v) is 4.15. The Morgan fingerprint density at radius 1 is 1.06 bits per heavy atom. The third kappa shape index (κ3) is 6.59. The molecule has 1 aliphatic rings. The zero-order valence-electron chi connectivity index (χ0n) is 20.3. The van der Waals surface area contributed by atoms with E-state index in [9.17, 15) is 14.4 Å². The van der Waals surface area contributed by atoms with Crippen LogP contribution in [0.1, 0.15) is 56.8 Å². The molecule has 2 aromatic carbocycles. The van der Waals surface area contributed by atoms with Gasteiger partial charge in [-0.05, 0) is 56.5 Å². The van der Waals surface area contributed by atoms with Crippen LogP contribution < -0.4 is 16.0 Å². The number of anilines is 2. The highest BCUT2D eigenvalue weighted by Crippen LogP contribution is 2.26. The largest absolute Gasteiger partial charge is 0.444 e. The number of aromatic nitrogens is 2. The minimum atomic E-state index is -0.679. The van der Waals surface area contributed by atoms with Gasteiger partial charge in [0.2, 0.25) is 5.91 Å². The molecule has 0 radical (unpaired) electrons. The Balaban J connectivity index is 1.48. The lowest BCUT2D eigenvalue weighted by atomic mass is 10.0. The minimum absolute atomic E-state index is 0.0772. The summed E-state index contributed by atoms with van der Waals surface area (Å²) in [6.07, 6.45) is 6.75. The van der Waals surface area contributed by atoms with Gasteiger partial charge in [-0.25, -0.2) is 4.79 Å². The predicted octanol–water partition coefficient (Wildman–Crippen LogP) is 4.69. The first-order valence-electron chi connectivity index (χ1n) is 11.8. The van der Waals surface area contributed by atoms with Gasteiger partial charge >= 0.3 is 6.09 Å². The zero-order chi connectivity index (χ0) is 25.0. The quantitative estimate of drug-likeness (QED) is 0.476. The second-order valence-corrected chi connectivity index (χ2v) is 9.80. The normalized spacial score (nSPS) is 14.0. The van der Waals surface area contributed by atoms with Gasteiger partial charge in [0.25, 0.3) is 5.91 Å². The molecule has 1 heterocycles. The number of carbonyl (C=O) groups is 3. The highest BCUT2D eigenvalue weighted by atomic mass is 16.6. The molecule has 9 heteroatoms. The summed E-state index contributed by atoms with van der Waals surface area (Å²) in [4.78, 5) is 37.9. The van der Waals surface area contributed by atoms with E-state index >= 15 is 0 Å². The highest BCUT2D eigenvalue weighted by Gasteiger charge is 2.21. The molecule has 3 N–H and O–H groups in total. The molecule has 1 aromatic heterocycles. The molecule has 0 spiro atoms. The van der Waals surface area contributed by atoms with E-state index in [2.05, 4.69) is 21.0 Å². The number of ether oxygens (including phenoxy) is 1. The third-order valence-electron chi connectivity index (χ3n) is 5.68. The second-order valence-electron chi connectivity index (χ2n) is 9.80. The Hall–Kier alpha value is -3.88. The molecule has 1 fully saturated rings. The minimum Gasteiger partial charge on any atom is -0.444 e. The van der Waals surface area contributed by atoms with E-state index in [1.54, 1.807) is 39.1 Å². The molecule has 1 aliphatic carbocycles. The van der Waals surface area contributed by atoms with Gasteiger partial charge in [0.15, 0.2) is 0 Å². The average Bonchev–Trinajstić information content (AvgIpc) is 3.44. The zero-order valence-corrected chi connectivity index (χ0v) is 20.3. The lowest BCUT2D eigenvalue weighted by Gasteiger charge is -2.20. The summed E-state index contributed by atoms with van der Waals surface area (Å²) in [5.41, 5.74) is 0.377. The monoisotopic (exact) mass is 477 g/mol. The Kier molecular flexibility index (Phi) is 7.04. The maximum atomic E-state index is 13.2. The molecular formula is C26H31N5O4. The van der Waals surface area contributed by atoms with Crippen molar-refractivity contribution in [2.24, 2.45) is 0 Å². The van der Waals surface area contributed by atoms with E-state index in [4.69, 9.17) is 4.74 Å².